The molecule has 9 heteroatoms. The molecule has 1 saturated heterocycles. The lowest BCUT2D eigenvalue weighted by Crippen LogP contribution is -2.42. The monoisotopic (exact) mass is 523 g/mol. The van der Waals surface area contributed by atoms with Gasteiger partial charge in [0.05, 0.1) is 30.5 Å². The van der Waals surface area contributed by atoms with Crippen molar-refractivity contribution < 1.29 is 14.2 Å². The summed E-state index contributed by atoms with van der Waals surface area (Å²) in [5, 5.41) is 17.6. The van der Waals surface area contributed by atoms with Crippen LogP contribution in [-0.2, 0) is 11.3 Å². The van der Waals surface area contributed by atoms with Crippen LogP contribution in [0.25, 0.3) is 22.2 Å². The average molecular weight is 524 g/mol. The average Bonchev–Trinajstić information content (AvgIpc) is 2.92. The van der Waals surface area contributed by atoms with Crippen LogP contribution in [0.3, 0.4) is 0 Å². The molecule has 0 amide bonds. The molecule has 1 aliphatic carbocycles. The molecule has 204 valence electrons. The van der Waals surface area contributed by atoms with Gasteiger partial charge in [-0.25, -0.2) is 14.4 Å². The van der Waals surface area contributed by atoms with Crippen LogP contribution in [0.5, 0.6) is 0 Å². The third-order valence-electron chi connectivity index (χ3n) is 7.90. The van der Waals surface area contributed by atoms with Crippen LogP contribution in [-0.4, -0.2) is 51.0 Å². The first-order valence-electron chi connectivity index (χ1n) is 13.8. The highest BCUT2D eigenvalue weighted by Crippen LogP contribution is 2.29. The molecule has 8 nitrogen and oxygen atoms in total. The van der Waals surface area contributed by atoms with Gasteiger partial charge in [-0.3, -0.25) is 4.79 Å². The summed E-state index contributed by atoms with van der Waals surface area (Å²) in [5.41, 5.74) is 3.20. The first kappa shape index (κ1) is 26.7. The van der Waals surface area contributed by atoms with Crippen LogP contribution in [0.15, 0.2) is 29.2 Å². The van der Waals surface area contributed by atoms with Gasteiger partial charge in [-0.15, -0.1) is 0 Å². The van der Waals surface area contributed by atoms with Crippen molar-refractivity contribution in [2.75, 3.05) is 18.5 Å². The van der Waals surface area contributed by atoms with Crippen LogP contribution in [0.2, 0.25) is 0 Å². The minimum absolute atomic E-state index is 0.00270. The Hall–Kier alpha value is -2.88. The van der Waals surface area contributed by atoms with E-state index in [2.05, 4.69) is 39.0 Å². The second kappa shape index (κ2) is 11.5. The molecule has 1 saturated carbocycles. The standard InChI is InChI=1S/C29H38FN5O3/c1-17(2)35-24-13-19(27-22(30)14-32-29(34-27)33-23-11-12-38-16-26(23)36)9-10-21(24)28(37)18(3)25(35)15-31-20-7-5-4-6-8-20/h9-10,13-14,17,20,23,26,31,36H,4-8,11-12,15-16H2,1-3H3,(H,32,33,34)/t23-,26-/m1/s1. The van der Waals surface area contributed by atoms with Gasteiger partial charge in [-0.05, 0) is 52.2 Å². The van der Waals surface area contributed by atoms with Gasteiger partial charge in [-0.1, -0.05) is 25.3 Å². The van der Waals surface area contributed by atoms with Gasteiger partial charge in [0.15, 0.2) is 11.2 Å². The Morgan fingerprint density at radius 2 is 2.00 bits per heavy atom. The van der Waals surface area contributed by atoms with Gasteiger partial charge < -0.3 is 25.0 Å². The summed E-state index contributed by atoms with van der Waals surface area (Å²) in [5.74, 6) is -0.304. The smallest absolute Gasteiger partial charge is 0.223 e. The number of halogens is 1. The molecule has 38 heavy (non-hydrogen) atoms. The molecule has 3 heterocycles. The Morgan fingerprint density at radius 1 is 1.21 bits per heavy atom. The van der Waals surface area contributed by atoms with E-state index in [0.717, 1.165) is 35.8 Å². The maximum absolute atomic E-state index is 15.0. The van der Waals surface area contributed by atoms with Crippen LogP contribution in [0.1, 0.15) is 69.7 Å². The van der Waals surface area contributed by atoms with E-state index < -0.39 is 11.9 Å². The van der Waals surface area contributed by atoms with Crippen molar-refractivity contribution in [2.45, 2.75) is 90.1 Å². The molecule has 5 rings (SSSR count). The summed E-state index contributed by atoms with van der Waals surface area (Å²) >= 11 is 0. The Morgan fingerprint density at radius 3 is 2.74 bits per heavy atom. The summed E-state index contributed by atoms with van der Waals surface area (Å²) in [7, 11) is 0. The third kappa shape index (κ3) is 5.46. The number of aromatic nitrogens is 3. The van der Waals surface area contributed by atoms with E-state index in [9.17, 15) is 9.90 Å². The minimum atomic E-state index is -0.689. The zero-order valence-electron chi connectivity index (χ0n) is 22.5. The molecule has 0 radical (unpaired) electrons. The molecule has 3 N–H and O–H groups in total. The van der Waals surface area contributed by atoms with Gasteiger partial charge >= 0.3 is 0 Å². The molecule has 2 fully saturated rings. The van der Waals surface area contributed by atoms with Gasteiger partial charge in [0.25, 0.3) is 0 Å². The maximum atomic E-state index is 15.0. The van der Waals surface area contributed by atoms with Crippen LogP contribution in [0, 0.1) is 12.7 Å². The maximum Gasteiger partial charge on any atom is 0.223 e. The van der Waals surface area contributed by atoms with Crippen molar-refractivity contribution in [2.24, 2.45) is 0 Å². The Balaban J connectivity index is 1.53. The van der Waals surface area contributed by atoms with E-state index in [4.69, 9.17) is 4.74 Å². The normalized spacial score (nSPS) is 20.8. The lowest BCUT2D eigenvalue weighted by Gasteiger charge is -2.28. The fourth-order valence-corrected chi connectivity index (χ4v) is 5.78. The first-order valence-corrected chi connectivity index (χ1v) is 13.8. The zero-order valence-corrected chi connectivity index (χ0v) is 22.5. The summed E-state index contributed by atoms with van der Waals surface area (Å²) in [4.78, 5) is 22.0. The molecule has 1 aromatic carbocycles. The predicted molar refractivity (Wildman–Crippen MR) is 147 cm³/mol. The largest absolute Gasteiger partial charge is 0.389 e. The number of hydrogen-bond acceptors (Lipinski definition) is 7. The predicted octanol–water partition coefficient (Wildman–Crippen LogP) is 4.47. The Bertz CT molecular complexity index is 1350. The lowest BCUT2D eigenvalue weighted by molar-refractivity contribution is -0.0136. The highest BCUT2D eigenvalue weighted by molar-refractivity contribution is 5.85. The highest BCUT2D eigenvalue weighted by Gasteiger charge is 2.25. The Kier molecular flexibility index (Phi) is 8.07. The fraction of sp³-hybridized carbons (Fsp3) is 0.552. The van der Waals surface area contributed by atoms with E-state index in [0.29, 0.717) is 36.6 Å². The van der Waals surface area contributed by atoms with Gasteiger partial charge in [0.2, 0.25) is 5.95 Å². The Labute approximate surface area is 222 Å². The fourth-order valence-electron chi connectivity index (χ4n) is 5.78. The number of aliphatic hydroxyl groups is 1. The first-order chi connectivity index (χ1) is 18.3. The molecule has 0 unspecified atom stereocenters. The molecular weight excluding hydrogens is 485 g/mol. The number of nitrogens with zero attached hydrogens (tertiary/aromatic N) is 3. The van der Waals surface area contributed by atoms with E-state index in [-0.39, 0.29) is 35.8 Å². The number of pyridine rings is 1. The van der Waals surface area contributed by atoms with Crippen LogP contribution < -0.4 is 16.1 Å². The van der Waals surface area contributed by atoms with Gasteiger partial charge in [0, 0.05) is 47.4 Å². The summed E-state index contributed by atoms with van der Waals surface area (Å²) in [6, 6.07) is 5.67. The summed E-state index contributed by atoms with van der Waals surface area (Å²) < 4.78 is 22.5. The molecule has 2 aliphatic rings. The molecule has 0 spiro atoms. The number of nitrogens with one attached hydrogen (secondary N) is 2. The van der Waals surface area contributed by atoms with E-state index in [1.54, 1.807) is 12.1 Å². The number of aliphatic hydroxyl groups excluding tert-OH is 1. The second-order valence-electron chi connectivity index (χ2n) is 10.9. The lowest BCUT2D eigenvalue weighted by atomic mass is 9.95. The van der Waals surface area contributed by atoms with Crippen molar-refractivity contribution in [1.82, 2.24) is 19.9 Å². The zero-order chi connectivity index (χ0) is 26.8. The number of ether oxygens (including phenoxy) is 1. The van der Waals surface area contributed by atoms with E-state index in [1.807, 2.05) is 13.0 Å². The van der Waals surface area contributed by atoms with Crippen molar-refractivity contribution in [3.63, 3.8) is 0 Å². The number of hydrogen-bond donors (Lipinski definition) is 3. The van der Waals surface area contributed by atoms with Crippen LogP contribution in [0.4, 0.5) is 10.3 Å². The molecule has 2 aromatic heterocycles. The number of fused-ring (bicyclic) bond motifs is 1. The van der Waals surface area contributed by atoms with E-state index >= 15 is 4.39 Å². The van der Waals surface area contributed by atoms with Gasteiger partial charge in [-0.2, -0.15) is 0 Å². The topological polar surface area (TPSA) is 101 Å². The molecule has 2 atom stereocenters. The van der Waals surface area contributed by atoms with Crippen molar-refractivity contribution >= 4 is 16.9 Å². The number of anilines is 1. The molecular formula is C29H38FN5O3. The third-order valence-corrected chi connectivity index (χ3v) is 7.90. The summed E-state index contributed by atoms with van der Waals surface area (Å²) in [6.45, 7) is 7.49. The second-order valence-corrected chi connectivity index (χ2v) is 10.9. The van der Waals surface area contributed by atoms with E-state index in [1.165, 1.54) is 19.3 Å². The molecule has 3 aromatic rings. The number of benzene rings is 1. The minimum Gasteiger partial charge on any atom is -0.389 e. The van der Waals surface area contributed by atoms with Crippen LogP contribution >= 0.6 is 0 Å². The van der Waals surface area contributed by atoms with Gasteiger partial charge in [0.1, 0.15) is 5.69 Å². The molecule has 0 bridgehead atoms. The molecule has 1 aliphatic heterocycles. The highest BCUT2D eigenvalue weighted by atomic mass is 19.1. The van der Waals surface area contributed by atoms with Crippen molar-refractivity contribution in [3.8, 4) is 11.3 Å². The van der Waals surface area contributed by atoms with Crippen molar-refractivity contribution in [3.05, 3.63) is 51.7 Å². The van der Waals surface area contributed by atoms with Crippen molar-refractivity contribution in [1.29, 1.82) is 0 Å². The SMILES string of the molecule is Cc1c(CNC2CCCCC2)n(C(C)C)c2cc(-c3nc(N[C@@H]4CCOC[C@H]4O)ncc3F)ccc2c1=O. The quantitative estimate of drug-likeness (QED) is 0.420. The summed E-state index contributed by atoms with van der Waals surface area (Å²) in [6.07, 6.45) is 7.15. The number of rotatable bonds is 7.